The molecule has 0 radical (unpaired) electrons. The maximum atomic E-state index is 11.3. The lowest BCUT2D eigenvalue weighted by Gasteiger charge is -2.39. The molecular formula is C16H23N5O2S. The Kier molecular flexibility index (Phi) is 4.86. The maximum Gasteiger partial charge on any atom is 0.333 e. The van der Waals surface area contributed by atoms with Crippen molar-refractivity contribution in [2.24, 2.45) is 13.0 Å². The lowest BCUT2D eigenvalue weighted by molar-refractivity contribution is -0.384. The number of hydrogen-bond donors (Lipinski definition) is 1. The number of nitro groups is 1. The molecule has 2 aromatic heterocycles. The van der Waals surface area contributed by atoms with Crippen LogP contribution >= 0.6 is 11.3 Å². The lowest BCUT2D eigenvalue weighted by Crippen LogP contribution is -2.38. The molecule has 1 N–H and O–H groups in total. The van der Waals surface area contributed by atoms with Gasteiger partial charge in [-0.25, -0.2) is 4.68 Å². The number of aryl methyl sites for hydroxylation is 2. The van der Waals surface area contributed by atoms with Crippen LogP contribution in [0, 0.1) is 23.0 Å². The van der Waals surface area contributed by atoms with Gasteiger partial charge in [-0.3, -0.25) is 15.0 Å². The quantitative estimate of drug-likeness (QED) is 0.663. The van der Waals surface area contributed by atoms with Gasteiger partial charge in [0.25, 0.3) is 0 Å². The van der Waals surface area contributed by atoms with Crippen molar-refractivity contribution in [2.45, 2.75) is 25.8 Å². The first kappa shape index (κ1) is 16.9. The molecule has 2 aromatic rings. The first-order valence-electron chi connectivity index (χ1n) is 8.14. The third kappa shape index (κ3) is 3.16. The SMILES string of the molecule is Cc1nn(C)c(NC[C@@H]2CCCN(C)[C@H]2c2cccs2)c1[N+](=O)[O-]. The minimum absolute atomic E-state index is 0.0781. The first-order chi connectivity index (χ1) is 11.5. The highest BCUT2D eigenvalue weighted by atomic mass is 32.1. The Labute approximate surface area is 145 Å². The predicted octanol–water partition coefficient (Wildman–Crippen LogP) is 3.19. The molecular weight excluding hydrogens is 326 g/mol. The summed E-state index contributed by atoms with van der Waals surface area (Å²) in [5, 5.41) is 20.9. The van der Waals surface area contributed by atoms with Crippen LogP contribution in [0.4, 0.5) is 11.5 Å². The second-order valence-electron chi connectivity index (χ2n) is 6.39. The number of hydrogen-bond acceptors (Lipinski definition) is 6. The molecule has 0 aromatic carbocycles. The molecule has 2 atom stereocenters. The highest BCUT2D eigenvalue weighted by molar-refractivity contribution is 7.10. The molecule has 0 unspecified atom stereocenters. The Bertz CT molecular complexity index is 712. The normalized spacial score (nSPS) is 21.8. The molecule has 7 nitrogen and oxygen atoms in total. The molecule has 130 valence electrons. The van der Waals surface area contributed by atoms with Crippen LogP contribution in [0.1, 0.15) is 29.5 Å². The third-order valence-corrected chi connectivity index (χ3v) is 5.69. The van der Waals surface area contributed by atoms with Crippen LogP contribution in [0.5, 0.6) is 0 Å². The first-order valence-corrected chi connectivity index (χ1v) is 9.02. The summed E-state index contributed by atoms with van der Waals surface area (Å²) in [4.78, 5) is 14.7. The average Bonchev–Trinajstić information content (AvgIpc) is 3.13. The van der Waals surface area contributed by atoms with Crippen molar-refractivity contribution in [3.8, 4) is 0 Å². The van der Waals surface area contributed by atoms with Gasteiger partial charge in [0.05, 0.1) is 4.92 Å². The van der Waals surface area contributed by atoms with Gasteiger partial charge in [-0.1, -0.05) is 6.07 Å². The van der Waals surface area contributed by atoms with Crippen molar-refractivity contribution in [3.05, 3.63) is 38.2 Å². The highest BCUT2D eigenvalue weighted by Crippen LogP contribution is 2.38. The van der Waals surface area contributed by atoms with E-state index < -0.39 is 0 Å². The molecule has 24 heavy (non-hydrogen) atoms. The summed E-state index contributed by atoms with van der Waals surface area (Å²) >= 11 is 1.78. The summed E-state index contributed by atoms with van der Waals surface area (Å²) in [6.07, 6.45) is 2.27. The van der Waals surface area contributed by atoms with Crippen LogP contribution in [-0.4, -0.2) is 39.7 Å². The van der Waals surface area contributed by atoms with Crippen LogP contribution in [-0.2, 0) is 7.05 Å². The third-order valence-electron chi connectivity index (χ3n) is 4.75. The van der Waals surface area contributed by atoms with Crippen molar-refractivity contribution >= 4 is 22.8 Å². The van der Waals surface area contributed by atoms with Crippen molar-refractivity contribution in [2.75, 3.05) is 25.5 Å². The number of aromatic nitrogens is 2. The van der Waals surface area contributed by atoms with Gasteiger partial charge in [0.15, 0.2) is 0 Å². The average molecular weight is 349 g/mol. The van der Waals surface area contributed by atoms with E-state index in [1.165, 1.54) is 4.88 Å². The van der Waals surface area contributed by atoms with E-state index in [0.717, 1.165) is 19.4 Å². The summed E-state index contributed by atoms with van der Waals surface area (Å²) in [7, 11) is 3.90. The largest absolute Gasteiger partial charge is 0.364 e. The molecule has 3 heterocycles. The number of rotatable bonds is 5. The Morgan fingerprint density at radius 2 is 2.29 bits per heavy atom. The van der Waals surface area contributed by atoms with Gasteiger partial charge in [0, 0.05) is 24.5 Å². The van der Waals surface area contributed by atoms with Gasteiger partial charge < -0.3 is 5.32 Å². The Balaban J connectivity index is 1.79. The molecule has 1 aliphatic heterocycles. The van der Waals surface area contributed by atoms with Crippen molar-refractivity contribution in [1.29, 1.82) is 0 Å². The standard InChI is InChI=1S/C16H23N5O2S/c1-11-14(21(22)23)16(20(3)18-11)17-10-12-6-4-8-19(2)15(12)13-7-5-9-24-13/h5,7,9,12,15,17H,4,6,8,10H2,1-3H3/t12-,15+/m0/s1. The second kappa shape index (κ2) is 6.90. The van der Waals surface area contributed by atoms with Gasteiger partial charge in [-0.2, -0.15) is 5.10 Å². The number of nitrogens with one attached hydrogen (secondary N) is 1. The van der Waals surface area contributed by atoms with E-state index in [1.54, 1.807) is 30.0 Å². The number of thiophene rings is 1. The number of likely N-dealkylation sites (tertiary alicyclic amines) is 1. The molecule has 3 rings (SSSR count). The van der Waals surface area contributed by atoms with Gasteiger partial charge in [-0.15, -0.1) is 11.3 Å². The topological polar surface area (TPSA) is 76.2 Å². The summed E-state index contributed by atoms with van der Waals surface area (Å²) in [5.41, 5.74) is 0.523. The minimum Gasteiger partial charge on any atom is -0.364 e. The van der Waals surface area contributed by atoms with Crippen LogP contribution in [0.15, 0.2) is 17.5 Å². The van der Waals surface area contributed by atoms with Crippen LogP contribution in [0.3, 0.4) is 0 Å². The molecule has 0 saturated carbocycles. The lowest BCUT2D eigenvalue weighted by atomic mass is 9.88. The summed E-state index contributed by atoms with van der Waals surface area (Å²) in [5.74, 6) is 0.910. The maximum absolute atomic E-state index is 11.3. The second-order valence-corrected chi connectivity index (χ2v) is 7.37. The van der Waals surface area contributed by atoms with E-state index in [9.17, 15) is 10.1 Å². The zero-order valence-electron chi connectivity index (χ0n) is 14.2. The predicted molar refractivity (Wildman–Crippen MR) is 95.5 cm³/mol. The Morgan fingerprint density at radius 3 is 2.96 bits per heavy atom. The molecule has 0 bridgehead atoms. The smallest absolute Gasteiger partial charge is 0.333 e. The fourth-order valence-electron chi connectivity index (χ4n) is 3.67. The molecule has 1 fully saturated rings. The number of piperidine rings is 1. The van der Waals surface area contributed by atoms with E-state index in [1.807, 2.05) is 0 Å². The molecule has 1 aliphatic rings. The van der Waals surface area contributed by atoms with Crippen molar-refractivity contribution in [1.82, 2.24) is 14.7 Å². The van der Waals surface area contributed by atoms with E-state index >= 15 is 0 Å². The van der Waals surface area contributed by atoms with Crippen LogP contribution in [0.2, 0.25) is 0 Å². The molecule has 0 amide bonds. The summed E-state index contributed by atoms with van der Waals surface area (Å²) in [6, 6.07) is 4.63. The number of nitrogens with zero attached hydrogens (tertiary/aromatic N) is 4. The molecule has 0 spiro atoms. The fourth-order valence-corrected chi connectivity index (χ4v) is 4.66. The van der Waals surface area contributed by atoms with E-state index in [-0.39, 0.29) is 10.6 Å². The van der Waals surface area contributed by atoms with Crippen LogP contribution < -0.4 is 5.32 Å². The molecule has 0 aliphatic carbocycles. The summed E-state index contributed by atoms with van der Waals surface area (Å²) < 4.78 is 1.57. The van der Waals surface area contributed by atoms with Gasteiger partial charge in [0.1, 0.15) is 5.69 Å². The minimum atomic E-state index is -0.353. The van der Waals surface area contributed by atoms with E-state index in [2.05, 4.69) is 39.9 Å². The zero-order valence-corrected chi connectivity index (χ0v) is 15.0. The molecule has 1 saturated heterocycles. The van der Waals surface area contributed by atoms with Gasteiger partial charge in [0.2, 0.25) is 5.82 Å². The van der Waals surface area contributed by atoms with E-state index in [0.29, 0.717) is 30.0 Å². The van der Waals surface area contributed by atoms with E-state index in [4.69, 9.17) is 0 Å². The van der Waals surface area contributed by atoms with Crippen molar-refractivity contribution < 1.29 is 4.92 Å². The van der Waals surface area contributed by atoms with Crippen LogP contribution in [0.25, 0.3) is 0 Å². The summed E-state index contributed by atoms with van der Waals surface area (Å²) in [6.45, 7) is 3.46. The monoisotopic (exact) mass is 349 g/mol. The Morgan fingerprint density at radius 1 is 1.50 bits per heavy atom. The fraction of sp³-hybridized carbons (Fsp3) is 0.562. The van der Waals surface area contributed by atoms with Gasteiger partial charge in [-0.05, 0) is 50.7 Å². The van der Waals surface area contributed by atoms with Gasteiger partial charge >= 0.3 is 5.69 Å². The number of anilines is 1. The highest BCUT2D eigenvalue weighted by Gasteiger charge is 2.32. The molecule has 8 heteroatoms. The Hall–Kier alpha value is -1.93. The zero-order chi connectivity index (χ0) is 17.3. The van der Waals surface area contributed by atoms with Crippen molar-refractivity contribution in [3.63, 3.8) is 0 Å².